The lowest BCUT2D eigenvalue weighted by Gasteiger charge is -2.33. The van der Waals surface area contributed by atoms with Crippen molar-refractivity contribution in [1.29, 1.82) is 0 Å². The number of amides is 1. The van der Waals surface area contributed by atoms with Gasteiger partial charge in [-0.25, -0.2) is 8.42 Å². The van der Waals surface area contributed by atoms with Crippen LogP contribution in [0.5, 0.6) is 0 Å². The zero-order chi connectivity index (χ0) is 24.7. The van der Waals surface area contributed by atoms with E-state index in [0.717, 1.165) is 24.2 Å². The van der Waals surface area contributed by atoms with E-state index in [1.165, 1.54) is 29.1 Å². The van der Waals surface area contributed by atoms with E-state index in [4.69, 9.17) is 4.74 Å². The highest BCUT2D eigenvalue weighted by Crippen LogP contribution is 2.21. The molecule has 190 valence electrons. The molecule has 2 aromatic carbocycles. The van der Waals surface area contributed by atoms with Crippen LogP contribution in [0.3, 0.4) is 0 Å². The molecular weight excluding hydrogens is 462 g/mol. The Kier molecular flexibility index (Phi) is 8.94. The maximum Gasteiger partial charge on any atom is 0.243 e. The van der Waals surface area contributed by atoms with Crippen LogP contribution < -0.4 is 5.32 Å². The van der Waals surface area contributed by atoms with Crippen LogP contribution in [0.4, 0.5) is 0 Å². The van der Waals surface area contributed by atoms with Crippen molar-refractivity contribution in [2.45, 2.75) is 63.1 Å². The van der Waals surface area contributed by atoms with Gasteiger partial charge in [0.1, 0.15) is 0 Å². The minimum Gasteiger partial charge on any atom is -0.379 e. The number of piperidine rings is 1. The second kappa shape index (κ2) is 12.1. The second-order valence-electron chi connectivity index (χ2n) is 9.52. The summed E-state index contributed by atoms with van der Waals surface area (Å²) in [4.78, 5) is 15.4. The van der Waals surface area contributed by atoms with Gasteiger partial charge in [0.2, 0.25) is 15.9 Å². The van der Waals surface area contributed by atoms with Gasteiger partial charge in [-0.1, -0.05) is 42.8 Å². The maximum atomic E-state index is 12.8. The fourth-order valence-corrected chi connectivity index (χ4v) is 6.21. The maximum absolute atomic E-state index is 12.8. The number of hydrogen-bond donors (Lipinski definition) is 1. The van der Waals surface area contributed by atoms with Gasteiger partial charge in [-0.3, -0.25) is 9.69 Å². The van der Waals surface area contributed by atoms with Crippen molar-refractivity contribution >= 4 is 15.9 Å². The van der Waals surface area contributed by atoms with Crippen molar-refractivity contribution < 1.29 is 17.9 Å². The third kappa shape index (κ3) is 6.91. The standard InChI is InChI=1S/C27H37N3O4S/c1-22-6-4-5-15-29(22)21-25-8-3-2-7-24(25)20-28-27(31)14-11-23-9-12-26(13-10-23)35(32,33)30-16-18-34-19-17-30/h2-3,7-10,12-13,22H,4-6,11,14-21H2,1H3,(H,28,31). The van der Waals surface area contributed by atoms with E-state index < -0.39 is 10.0 Å². The number of carbonyl (C=O) groups is 1. The molecule has 2 aliphatic heterocycles. The van der Waals surface area contributed by atoms with E-state index in [0.29, 0.717) is 51.7 Å². The molecule has 2 aromatic rings. The predicted molar refractivity (Wildman–Crippen MR) is 136 cm³/mol. The number of benzene rings is 2. The van der Waals surface area contributed by atoms with E-state index in [2.05, 4.69) is 35.3 Å². The van der Waals surface area contributed by atoms with Crippen molar-refractivity contribution in [3.63, 3.8) is 0 Å². The van der Waals surface area contributed by atoms with Gasteiger partial charge in [-0.05, 0) is 61.6 Å². The van der Waals surface area contributed by atoms with Gasteiger partial charge in [0.05, 0.1) is 18.1 Å². The fourth-order valence-electron chi connectivity index (χ4n) is 4.80. The lowest BCUT2D eigenvalue weighted by molar-refractivity contribution is -0.121. The van der Waals surface area contributed by atoms with Crippen molar-refractivity contribution in [2.24, 2.45) is 0 Å². The molecule has 8 heteroatoms. The van der Waals surface area contributed by atoms with Crippen LogP contribution in [-0.4, -0.2) is 62.4 Å². The monoisotopic (exact) mass is 499 g/mol. The van der Waals surface area contributed by atoms with Crippen LogP contribution in [0.15, 0.2) is 53.4 Å². The summed E-state index contributed by atoms with van der Waals surface area (Å²) >= 11 is 0. The summed E-state index contributed by atoms with van der Waals surface area (Å²) in [6, 6.07) is 15.8. The topological polar surface area (TPSA) is 79.0 Å². The highest BCUT2D eigenvalue weighted by Gasteiger charge is 2.26. The average Bonchev–Trinajstić information content (AvgIpc) is 2.89. The minimum atomic E-state index is -3.50. The molecule has 0 bridgehead atoms. The highest BCUT2D eigenvalue weighted by atomic mass is 32.2. The average molecular weight is 500 g/mol. The largest absolute Gasteiger partial charge is 0.379 e. The van der Waals surface area contributed by atoms with E-state index in [9.17, 15) is 13.2 Å². The summed E-state index contributed by atoms with van der Waals surface area (Å²) in [6.07, 6.45) is 4.74. The van der Waals surface area contributed by atoms with Gasteiger partial charge in [0.25, 0.3) is 0 Å². The number of sulfonamides is 1. The Morgan fingerprint density at radius 3 is 2.43 bits per heavy atom. The van der Waals surface area contributed by atoms with Gasteiger partial charge in [0.15, 0.2) is 0 Å². The molecule has 2 saturated heterocycles. The predicted octanol–water partition coefficient (Wildman–Crippen LogP) is 3.33. The Labute approximate surface area is 209 Å². The van der Waals surface area contributed by atoms with E-state index in [-0.39, 0.29) is 10.8 Å². The van der Waals surface area contributed by atoms with Gasteiger partial charge in [-0.2, -0.15) is 4.31 Å². The number of rotatable bonds is 9. The van der Waals surface area contributed by atoms with Gasteiger partial charge >= 0.3 is 0 Å². The molecule has 2 fully saturated rings. The van der Waals surface area contributed by atoms with Crippen molar-refractivity contribution in [3.8, 4) is 0 Å². The number of ether oxygens (including phenoxy) is 1. The molecule has 2 heterocycles. The number of nitrogens with zero attached hydrogens (tertiary/aromatic N) is 2. The molecule has 2 aliphatic rings. The molecule has 4 rings (SSSR count). The third-order valence-corrected chi connectivity index (χ3v) is 8.99. The third-order valence-electron chi connectivity index (χ3n) is 7.08. The molecule has 0 spiro atoms. The molecule has 1 N–H and O–H groups in total. The first kappa shape index (κ1) is 25.8. The molecular formula is C27H37N3O4S. The Morgan fingerprint density at radius 2 is 1.71 bits per heavy atom. The molecule has 35 heavy (non-hydrogen) atoms. The van der Waals surface area contributed by atoms with E-state index in [1.807, 2.05) is 6.07 Å². The zero-order valence-corrected chi connectivity index (χ0v) is 21.4. The van der Waals surface area contributed by atoms with Crippen molar-refractivity contribution in [1.82, 2.24) is 14.5 Å². The fraction of sp³-hybridized carbons (Fsp3) is 0.519. The Hall–Kier alpha value is -2.26. The SMILES string of the molecule is CC1CCCCN1Cc1ccccc1CNC(=O)CCc1ccc(S(=O)(=O)N2CCOCC2)cc1. The number of likely N-dealkylation sites (tertiary alicyclic amines) is 1. The first-order valence-corrected chi connectivity index (χ1v) is 14.1. The number of aryl methyl sites for hydroxylation is 1. The highest BCUT2D eigenvalue weighted by molar-refractivity contribution is 7.89. The molecule has 7 nitrogen and oxygen atoms in total. The van der Waals surface area contributed by atoms with Gasteiger partial charge < -0.3 is 10.1 Å². The first-order chi connectivity index (χ1) is 16.9. The lowest BCUT2D eigenvalue weighted by atomic mass is 10.0. The van der Waals surface area contributed by atoms with Crippen LogP contribution in [0.2, 0.25) is 0 Å². The molecule has 1 unspecified atom stereocenters. The first-order valence-electron chi connectivity index (χ1n) is 12.7. The number of nitrogens with one attached hydrogen (secondary N) is 1. The minimum absolute atomic E-state index is 0.00356. The zero-order valence-electron chi connectivity index (χ0n) is 20.6. The Bertz CT molecular complexity index is 1080. The molecule has 0 radical (unpaired) electrons. The Balaban J connectivity index is 1.27. The quantitative estimate of drug-likeness (QED) is 0.573. The number of hydrogen-bond acceptors (Lipinski definition) is 5. The summed E-state index contributed by atoms with van der Waals surface area (Å²) in [5.41, 5.74) is 3.38. The lowest BCUT2D eigenvalue weighted by Crippen LogP contribution is -2.40. The summed E-state index contributed by atoms with van der Waals surface area (Å²) in [7, 11) is -3.50. The normalized spacial score (nSPS) is 20.0. The molecule has 0 saturated carbocycles. The molecule has 1 atom stereocenters. The van der Waals surface area contributed by atoms with Crippen LogP contribution >= 0.6 is 0 Å². The van der Waals surface area contributed by atoms with Gasteiger partial charge in [0, 0.05) is 38.6 Å². The van der Waals surface area contributed by atoms with Gasteiger partial charge in [-0.15, -0.1) is 0 Å². The smallest absolute Gasteiger partial charge is 0.243 e. The molecule has 0 aromatic heterocycles. The summed E-state index contributed by atoms with van der Waals surface area (Å²) < 4.78 is 32.2. The summed E-state index contributed by atoms with van der Waals surface area (Å²) in [5.74, 6) is -0.00356. The van der Waals surface area contributed by atoms with Crippen LogP contribution in [0, 0.1) is 0 Å². The molecule has 0 aliphatic carbocycles. The summed E-state index contributed by atoms with van der Waals surface area (Å²) in [5, 5.41) is 3.06. The number of morpholine rings is 1. The second-order valence-corrected chi connectivity index (χ2v) is 11.5. The van der Waals surface area contributed by atoms with Crippen molar-refractivity contribution in [2.75, 3.05) is 32.8 Å². The van der Waals surface area contributed by atoms with Crippen LogP contribution in [-0.2, 0) is 39.1 Å². The number of carbonyl (C=O) groups excluding carboxylic acids is 1. The Morgan fingerprint density at radius 1 is 1.00 bits per heavy atom. The van der Waals surface area contributed by atoms with E-state index in [1.54, 1.807) is 24.3 Å². The van der Waals surface area contributed by atoms with Crippen LogP contribution in [0.1, 0.15) is 49.3 Å². The van der Waals surface area contributed by atoms with Crippen LogP contribution in [0.25, 0.3) is 0 Å². The van der Waals surface area contributed by atoms with E-state index >= 15 is 0 Å². The van der Waals surface area contributed by atoms with Crippen molar-refractivity contribution in [3.05, 3.63) is 65.2 Å². The molecule has 1 amide bonds. The summed E-state index contributed by atoms with van der Waals surface area (Å²) in [6.45, 7) is 6.49.